The highest BCUT2D eigenvalue weighted by Gasteiger charge is 2.44. The molecule has 160 valence electrons. The first kappa shape index (κ1) is 21.8. The van der Waals surface area contributed by atoms with E-state index in [1.54, 1.807) is 0 Å². The highest BCUT2D eigenvalue weighted by Crippen LogP contribution is 2.39. The van der Waals surface area contributed by atoms with Crippen molar-refractivity contribution in [2.75, 3.05) is 6.26 Å². The quantitative estimate of drug-likeness (QED) is 0.511. The van der Waals surface area contributed by atoms with Crippen molar-refractivity contribution in [3.63, 3.8) is 0 Å². The Labute approximate surface area is 169 Å². The Bertz CT molecular complexity index is 1120. The minimum atomic E-state index is -4.64. The van der Waals surface area contributed by atoms with Gasteiger partial charge in [-0.05, 0) is 48.4 Å². The molecule has 0 aromatic heterocycles. The van der Waals surface area contributed by atoms with Gasteiger partial charge in [-0.15, -0.1) is 0 Å². The average Bonchev–Trinajstić information content (AvgIpc) is 2.89. The van der Waals surface area contributed by atoms with E-state index in [-0.39, 0.29) is 27.3 Å². The molecule has 0 unspecified atom stereocenters. The summed E-state index contributed by atoms with van der Waals surface area (Å²) in [6.45, 7) is 1.48. The monoisotopic (exact) mass is 444 g/mol. The van der Waals surface area contributed by atoms with Crippen molar-refractivity contribution in [2.45, 2.75) is 30.5 Å². The third kappa shape index (κ3) is 4.81. The highest BCUT2D eigenvalue weighted by molar-refractivity contribution is 7.90. The van der Waals surface area contributed by atoms with Crippen molar-refractivity contribution in [2.24, 2.45) is 0 Å². The van der Waals surface area contributed by atoms with Gasteiger partial charge in [0, 0.05) is 6.26 Å². The number of hydrogen-bond donors (Lipinski definition) is 0. The lowest BCUT2D eigenvalue weighted by Crippen LogP contribution is -2.21. The van der Waals surface area contributed by atoms with Gasteiger partial charge in [-0.3, -0.25) is 0 Å². The third-order valence-electron chi connectivity index (χ3n) is 4.34. The number of cyclic esters (lactones) is 1. The second kappa shape index (κ2) is 7.75. The molecule has 10 heteroatoms. The summed E-state index contributed by atoms with van der Waals surface area (Å²) in [6, 6.07) is 8.44. The summed E-state index contributed by atoms with van der Waals surface area (Å²) in [4.78, 5) is 12.3. The van der Waals surface area contributed by atoms with Gasteiger partial charge in [0.25, 0.3) is 0 Å². The van der Waals surface area contributed by atoms with Crippen LogP contribution in [0.15, 0.2) is 53.1 Å². The van der Waals surface area contributed by atoms with Crippen LogP contribution in [0.2, 0.25) is 0 Å². The molecule has 1 aliphatic rings. The maximum absolute atomic E-state index is 13.1. The van der Waals surface area contributed by atoms with Crippen LogP contribution < -0.4 is 4.74 Å². The summed E-state index contributed by atoms with van der Waals surface area (Å²) < 4.78 is 86.3. The molecule has 1 heterocycles. The molecule has 0 radical (unpaired) electrons. The molecule has 2 aromatic carbocycles. The van der Waals surface area contributed by atoms with E-state index in [0.717, 1.165) is 18.4 Å². The molecule has 0 bridgehead atoms. The minimum Gasteiger partial charge on any atom is -0.451 e. The molecule has 0 amide bonds. The van der Waals surface area contributed by atoms with E-state index >= 15 is 0 Å². The van der Waals surface area contributed by atoms with E-state index < -0.39 is 46.1 Å². The van der Waals surface area contributed by atoms with Crippen LogP contribution in [0, 0.1) is 12.7 Å². The van der Waals surface area contributed by atoms with E-state index in [4.69, 9.17) is 9.47 Å². The van der Waals surface area contributed by atoms with E-state index in [9.17, 15) is 30.8 Å². The van der Waals surface area contributed by atoms with E-state index in [0.29, 0.717) is 0 Å². The van der Waals surface area contributed by atoms with Gasteiger partial charge in [0.15, 0.2) is 9.84 Å². The number of aryl methyl sites for hydroxylation is 1. The molecule has 0 aliphatic carbocycles. The van der Waals surface area contributed by atoms with Crippen LogP contribution in [0.3, 0.4) is 0 Å². The molecule has 1 aliphatic heterocycles. The largest absolute Gasteiger partial charge is 0.451 e. The Hall–Kier alpha value is -2.88. The highest BCUT2D eigenvalue weighted by atomic mass is 32.2. The molecule has 0 saturated carbocycles. The van der Waals surface area contributed by atoms with E-state index in [1.807, 2.05) is 0 Å². The summed E-state index contributed by atoms with van der Waals surface area (Å²) in [5.74, 6) is -2.11. The number of carbonyl (C=O) groups is 1. The van der Waals surface area contributed by atoms with Gasteiger partial charge in [-0.25, -0.2) is 17.6 Å². The Morgan fingerprint density at radius 3 is 2.27 bits per heavy atom. The molecular formula is C20H16F4O5S. The van der Waals surface area contributed by atoms with Crippen molar-refractivity contribution in [3.8, 4) is 5.75 Å². The average molecular weight is 444 g/mol. The van der Waals surface area contributed by atoms with Gasteiger partial charge >= 0.3 is 12.1 Å². The number of sulfone groups is 1. The Balaban J connectivity index is 2.12. The zero-order valence-electron chi connectivity index (χ0n) is 15.8. The van der Waals surface area contributed by atoms with Crippen molar-refractivity contribution in [1.29, 1.82) is 0 Å². The van der Waals surface area contributed by atoms with Crippen molar-refractivity contribution in [3.05, 3.63) is 65.2 Å². The molecule has 0 saturated heterocycles. The number of ether oxygens (including phenoxy) is 2. The molecule has 3 rings (SSSR count). The molecule has 2 aromatic rings. The first-order valence-corrected chi connectivity index (χ1v) is 10.5. The number of hydrogen-bond acceptors (Lipinski definition) is 5. The molecule has 0 N–H and O–H groups in total. The second-order valence-corrected chi connectivity index (χ2v) is 8.75. The third-order valence-corrected chi connectivity index (χ3v) is 5.59. The van der Waals surface area contributed by atoms with Gasteiger partial charge in [0.1, 0.15) is 17.7 Å². The first-order valence-electron chi connectivity index (χ1n) is 8.61. The fraction of sp³-hybridized carbons (Fsp3) is 0.250. The van der Waals surface area contributed by atoms with Gasteiger partial charge in [0.2, 0.25) is 5.76 Å². The van der Waals surface area contributed by atoms with Crippen LogP contribution in [-0.4, -0.2) is 32.9 Å². The van der Waals surface area contributed by atoms with Crippen LogP contribution in [0.4, 0.5) is 17.6 Å². The molecule has 5 nitrogen and oxygen atoms in total. The lowest BCUT2D eigenvalue weighted by molar-refractivity contribution is -0.161. The summed E-state index contributed by atoms with van der Waals surface area (Å²) in [5, 5.41) is 0. The van der Waals surface area contributed by atoms with Crippen molar-refractivity contribution >= 4 is 21.4 Å². The molecular weight excluding hydrogens is 428 g/mol. The summed E-state index contributed by atoms with van der Waals surface area (Å²) in [7, 11) is -3.55. The topological polar surface area (TPSA) is 69.7 Å². The number of rotatable bonds is 5. The number of carbonyl (C=O) groups excluding carboxylic acids is 1. The van der Waals surface area contributed by atoms with Crippen LogP contribution in [0.5, 0.6) is 5.75 Å². The predicted octanol–water partition coefficient (Wildman–Crippen LogP) is 4.21. The number of esters is 1. The fourth-order valence-corrected chi connectivity index (χ4v) is 4.08. The Kier molecular flexibility index (Phi) is 5.64. The van der Waals surface area contributed by atoms with Gasteiger partial charge < -0.3 is 9.47 Å². The van der Waals surface area contributed by atoms with Crippen LogP contribution in [0.25, 0.3) is 5.57 Å². The zero-order valence-corrected chi connectivity index (χ0v) is 16.6. The van der Waals surface area contributed by atoms with Crippen LogP contribution in [-0.2, 0) is 19.4 Å². The predicted molar refractivity (Wildman–Crippen MR) is 98.8 cm³/mol. The molecule has 0 spiro atoms. The van der Waals surface area contributed by atoms with Crippen LogP contribution >= 0.6 is 0 Å². The van der Waals surface area contributed by atoms with Crippen molar-refractivity contribution in [1.82, 2.24) is 0 Å². The van der Waals surface area contributed by atoms with Crippen LogP contribution in [0.1, 0.15) is 17.5 Å². The maximum atomic E-state index is 13.1. The molecule has 1 atom stereocenters. The lowest BCUT2D eigenvalue weighted by Gasteiger charge is -2.17. The van der Waals surface area contributed by atoms with E-state index in [1.165, 1.54) is 37.3 Å². The summed E-state index contributed by atoms with van der Waals surface area (Å²) in [6.07, 6.45) is -6.75. The van der Waals surface area contributed by atoms with Gasteiger partial charge in [0.05, 0.1) is 16.9 Å². The van der Waals surface area contributed by atoms with Crippen molar-refractivity contribution < 1.29 is 40.2 Å². The summed E-state index contributed by atoms with van der Waals surface area (Å²) >= 11 is 0. The Morgan fingerprint density at radius 1 is 1.10 bits per heavy atom. The minimum absolute atomic E-state index is 0.00506. The number of benzene rings is 2. The number of halogens is 4. The number of alkyl halides is 3. The molecule has 30 heavy (non-hydrogen) atoms. The van der Waals surface area contributed by atoms with E-state index in [2.05, 4.69) is 0 Å². The normalized spacial score (nSPS) is 17.3. The standard InChI is InChI=1S/C20H16F4O5S/c1-11-9-12(3-8-16(11)30(2,26)27)17-15(10-20(22,23)24)29-19(25)18(17)28-14-6-4-13(21)5-7-14/h3-9,15H,10H2,1-2H3/t15-/m1/s1. The summed E-state index contributed by atoms with van der Waals surface area (Å²) in [5.41, 5.74) is 0.274. The lowest BCUT2D eigenvalue weighted by atomic mass is 9.97. The Morgan fingerprint density at radius 2 is 1.73 bits per heavy atom. The fourth-order valence-electron chi connectivity index (χ4n) is 3.12. The zero-order chi connectivity index (χ0) is 22.3. The van der Waals surface area contributed by atoms with Gasteiger partial charge in [-0.2, -0.15) is 13.2 Å². The maximum Gasteiger partial charge on any atom is 0.392 e. The first-order chi connectivity index (χ1) is 13.8. The second-order valence-electron chi connectivity index (χ2n) is 6.76. The molecule has 0 fully saturated rings. The van der Waals surface area contributed by atoms with Gasteiger partial charge in [-0.1, -0.05) is 12.1 Å². The smallest absolute Gasteiger partial charge is 0.392 e. The SMILES string of the molecule is Cc1cc(C2=C(Oc3ccc(F)cc3)C(=O)O[C@@H]2CC(F)(F)F)ccc1S(C)(=O)=O.